The molecule has 0 amide bonds. The van der Waals surface area contributed by atoms with Gasteiger partial charge >= 0.3 is 0 Å². The van der Waals surface area contributed by atoms with Gasteiger partial charge in [-0.15, -0.1) is 0 Å². The van der Waals surface area contributed by atoms with E-state index in [0.717, 1.165) is 19.6 Å². The van der Waals surface area contributed by atoms with E-state index in [1.54, 1.807) is 0 Å². The Bertz CT molecular complexity index is 286. The highest BCUT2D eigenvalue weighted by Crippen LogP contribution is 2.08. The third-order valence-electron chi connectivity index (χ3n) is 2.10. The van der Waals surface area contributed by atoms with Gasteiger partial charge in [-0.1, -0.05) is 36.4 Å². The molecule has 0 aromatic heterocycles. The predicted molar refractivity (Wildman–Crippen MR) is 55.8 cm³/mol. The van der Waals surface area contributed by atoms with Crippen LogP contribution in [0.1, 0.15) is 12.0 Å². The van der Waals surface area contributed by atoms with E-state index in [1.807, 2.05) is 30.4 Å². The van der Waals surface area contributed by atoms with Crippen LogP contribution in [0.4, 0.5) is 0 Å². The molecular formula is C12H14O2. The minimum atomic E-state index is -0.163. The Kier molecular flexibility index (Phi) is 3.33. The Morgan fingerprint density at radius 3 is 2.50 bits per heavy atom. The van der Waals surface area contributed by atoms with Gasteiger partial charge in [0.1, 0.15) is 0 Å². The largest absolute Gasteiger partial charge is 0.349 e. The molecule has 0 saturated carbocycles. The van der Waals surface area contributed by atoms with Crippen LogP contribution in [-0.2, 0) is 9.47 Å². The predicted octanol–water partition coefficient (Wildman–Crippen LogP) is 2.46. The fraction of sp³-hybridized carbons (Fsp3) is 0.333. The van der Waals surface area contributed by atoms with Crippen LogP contribution in [0.15, 0.2) is 36.4 Å². The summed E-state index contributed by atoms with van der Waals surface area (Å²) in [4.78, 5) is 0. The monoisotopic (exact) mass is 190 g/mol. The van der Waals surface area contributed by atoms with Crippen LogP contribution in [0, 0.1) is 0 Å². The van der Waals surface area contributed by atoms with Crippen LogP contribution in [0.5, 0.6) is 0 Å². The fourth-order valence-corrected chi connectivity index (χ4v) is 1.37. The van der Waals surface area contributed by atoms with Gasteiger partial charge in [-0.2, -0.15) is 0 Å². The summed E-state index contributed by atoms with van der Waals surface area (Å²) in [6.45, 7) is 1.59. The molecule has 1 heterocycles. The number of benzene rings is 1. The highest BCUT2D eigenvalue weighted by atomic mass is 16.7. The first-order valence-electron chi connectivity index (χ1n) is 4.91. The summed E-state index contributed by atoms with van der Waals surface area (Å²) < 4.78 is 10.8. The van der Waals surface area contributed by atoms with Crippen LogP contribution in [0.2, 0.25) is 0 Å². The molecule has 1 aliphatic heterocycles. The van der Waals surface area contributed by atoms with Crippen LogP contribution >= 0.6 is 0 Å². The number of rotatable bonds is 2. The van der Waals surface area contributed by atoms with Gasteiger partial charge in [-0.25, -0.2) is 0 Å². The van der Waals surface area contributed by atoms with Crippen LogP contribution in [0.3, 0.4) is 0 Å². The van der Waals surface area contributed by atoms with E-state index >= 15 is 0 Å². The van der Waals surface area contributed by atoms with Crippen molar-refractivity contribution in [1.82, 2.24) is 0 Å². The molecule has 0 atom stereocenters. The Morgan fingerprint density at radius 2 is 1.79 bits per heavy atom. The van der Waals surface area contributed by atoms with Crippen LogP contribution < -0.4 is 0 Å². The zero-order chi connectivity index (χ0) is 9.64. The minimum absolute atomic E-state index is 0.163. The summed E-state index contributed by atoms with van der Waals surface area (Å²) in [5, 5.41) is 0. The number of hydrogen-bond acceptors (Lipinski definition) is 2. The normalized spacial score (nSPS) is 18.9. The first-order chi connectivity index (χ1) is 6.95. The molecule has 14 heavy (non-hydrogen) atoms. The molecule has 1 aromatic carbocycles. The second-order valence-electron chi connectivity index (χ2n) is 3.23. The fourth-order valence-electron chi connectivity index (χ4n) is 1.37. The van der Waals surface area contributed by atoms with Crippen molar-refractivity contribution in [2.75, 3.05) is 13.2 Å². The van der Waals surface area contributed by atoms with Crippen molar-refractivity contribution in [3.05, 3.63) is 42.0 Å². The third-order valence-corrected chi connectivity index (χ3v) is 2.10. The lowest BCUT2D eigenvalue weighted by molar-refractivity contribution is -0.149. The lowest BCUT2D eigenvalue weighted by Gasteiger charge is -2.19. The molecule has 0 radical (unpaired) electrons. The molecule has 0 aliphatic carbocycles. The lowest BCUT2D eigenvalue weighted by atomic mass is 10.2. The second-order valence-corrected chi connectivity index (χ2v) is 3.23. The summed E-state index contributed by atoms with van der Waals surface area (Å²) in [6, 6.07) is 10.1. The Labute approximate surface area is 84.2 Å². The van der Waals surface area contributed by atoms with Crippen molar-refractivity contribution in [2.45, 2.75) is 12.7 Å². The Hall–Kier alpha value is -1.12. The van der Waals surface area contributed by atoms with Gasteiger partial charge in [-0.05, 0) is 18.1 Å². The van der Waals surface area contributed by atoms with E-state index < -0.39 is 0 Å². The van der Waals surface area contributed by atoms with Crippen molar-refractivity contribution < 1.29 is 9.47 Å². The molecule has 1 saturated heterocycles. The molecule has 74 valence electrons. The highest BCUT2D eigenvalue weighted by molar-refractivity contribution is 5.48. The van der Waals surface area contributed by atoms with Crippen LogP contribution in [-0.4, -0.2) is 19.5 Å². The van der Waals surface area contributed by atoms with Gasteiger partial charge < -0.3 is 9.47 Å². The van der Waals surface area contributed by atoms with E-state index in [0.29, 0.717) is 0 Å². The van der Waals surface area contributed by atoms with Gasteiger partial charge in [-0.3, -0.25) is 0 Å². The van der Waals surface area contributed by atoms with E-state index in [4.69, 9.17) is 9.47 Å². The third kappa shape index (κ3) is 2.69. The van der Waals surface area contributed by atoms with Crippen molar-refractivity contribution in [2.24, 2.45) is 0 Å². The lowest BCUT2D eigenvalue weighted by Crippen LogP contribution is -2.22. The SMILES string of the molecule is C(=C\C1OCCCO1)/c1ccccc1. The topological polar surface area (TPSA) is 18.5 Å². The average Bonchev–Trinajstić information content (AvgIpc) is 2.29. The molecule has 1 aromatic rings. The van der Waals surface area contributed by atoms with E-state index in [1.165, 1.54) is 5.56 Å². The van der Waals surface area contributed by atoms with Gasteiger partial charge in [0.25, 0.3) is 0 Å². The smallest absolute Gasteiger partial charge is 0.177 e. The second kappa shape index (κ2) is 4.94. The molecular weight excluding hydrogens is 176 g/mol. The maximum atomic E-state index is 5.39. The van der Waals surface area contributed by atoms with E-state index in [2.05, 4.69) is 12.1 Å². The zero-order valence-electron chi connectivity index (χ0n) is 8.06. The molecule has 0 bridgehead atoms. The standard InChI is InChI=1S/C12H14O2/c1-2-5-11(6-3-1)7-8-12-13-9-4-10-14-12/h1-3,5-8,12H,4,9-10H2/b8-7+. The molecule has 2 rings (SSSR count). The highest BCUT2D eigenvalue weighted by Gasteiger charge is 2.09. The van der Waals surface area contributed by atoms with Gasteiger partial charge in [0.15, 0.2) is 6.29 Å². The first kappa shape index (κ1) is 9.44. The van der Waals surface area contributed by atoms with Crippen molar-refractivity contribution in [3.8, 4) is 0 Å². The summed E-state index contributed by atoms with van der Waals surface area (Å²) in [6.07, 6.45) is 4.81. The maximum Gasteiger partial charge on any atom is 0.177 e. The molecule has 2 nitrogen and oxygen atoms in total. The molecule has 1 fully saturated rings. The van der Waals surface area contributed by atoms with Gasteiger partial charge in [0.05, 0.1) is 13.2 Å². The zero-order valence-corrected chi connectivity index (χ0v) is 8.06. The van der Waals surface area contributed by atoms with Crippen molar-refractivity contribution in [1.29, 1.82) is 0 Å². The van der Waals surface area contributed by atoms with Crippen molar-refractivity contribution in [3.63, 3.8) is 0 Å². The van der Waals surface area contributed by atoms with Crippen molar-refractivity contribution >= 4 is 6.08 Å². The first-order valence-corrected chi connectivity index (χ1v) is 4.91. The summed E-state index contributed by atoms with van der Waals surface area (Å²) >= 11 is 0. The maximum absolute atomic E-state index is 5.39. The van der Waals surface area contributed by atoms with Gasteiger partial charge in [0, 0.05) is 0 Å². The number of hydrogen-bond donors (Lipinski definition) is 0. The molecule has 1 aliphatic rings. The minimum Gasteiger partial charge on any atom is -0.349 e. The molecule has 0 spiro atoms. The summed E-state index contributed by atoms with van der Waals surface area (Å²) in [7, 11) is 0. The van der Waals surface area contributed by atoms with E-state index in [9.17, 15) is 0 Å². The average molecular weight is 190 g/mol. The van der Waals surface area contributed by atoms with E-state index in [-0.39, 0.29) is 6.29 Å². The molecule has 0 N–H and O–H groups in total. The Morgan fingerprint density at radius 1 is 1.07 bits per heavy atom. The number of ether oxygens (including phenoxy) is 2. The molecule has 0 unspecified atom stereocenters. The quantitative estimate of drug-likeness (QED) is 0.713. The molecule has 2 heteroatoms. The van der Waals surface area contributed by atoms with Gasteiger partial charge in [0.2, 0.25) is 0 Å². The Balaban J connectivity index is 1.93. The summed E-state index contributed by atoms with van der Waals surface area (Å²) in [5.41, 5.74) is 1.17. The summed E-state index contributed by atoms with van der Waals surface area (Å²) in [5.74, 6) is 0. The van der Waals surface area contributed by atoms with Crippen LogP contribution in [0.25, 0.3) is 6.08 Å².